The zero-order chi connectivity index (χ0) is 17.1. The maximum atomic E-state index is 3.42. The molecular weight excluding hydrogens is 616 g/mol. The first-order chi connectivity index (χ1) is 9.18. The predicted octanol–water partition coefficient (Wildman–Crippen LogP) is 5.22. The Bertz CT molecular complexity index is 477. The Morgan fingerprint density at radius 2 is 1.48 bits per heavy atom. The van der Waals surface area contributed by atoms with Gasteiger partial charge in [-0.2, -0.15) is 0 Å². The molecule has 0 N–H and O–H groups in total. The van der Waals surface area contributed by atoms with Crippen LogP contribution in [0.3, 0.4) is 0 Å². The van der Waals surface area contributed by atoms with Crippen molar-refractivity contribution < 1.29 is 38.7 Å². The first-order valence-electron chi connectivity index (χ1n) is 7.14. The number of rotatable bonds is 1. The maximum absolute atomic E-state index is 3.42. The predicted molar refractivity (Wildman–Crippen MR) is 89.9 cm³/mol. The van der Waals surface area contributed by atoms with Gasteiger partial charge in [-0.05, 0) is 0 Å². The molecule has 0 amide bonds. The van der Waals surface area contributed by atoms with Gasteiger partial charge in [-0.25, -0.2) is 0 Å². The summed E-state index contributed by atoms with van der Waals surface area (Å²) in [5.41, 5.74) is 0.869. The van der Waals surface area contributed by atoms with Crippen molar-refractivity contribution in [1.29, 1.82) is 0 Å². The normalized spacial score (nSPS) is 12.4. The van der Waals surface area contributed by atoms with E-state index in [4.69, 9.17) is 0 Å². The van der Waals surface area contributed by atoms with E-state index in [2.05, 4.69) is 78.8 Å². The first kappa shape index (κ1) is 21.8. The van der Waals surface area contributed by atoms with Gasteiger partial charge in [0.1, 0.15) is 0 Å². The molecule has 120 valence electrons. The molecule has 0 unspecified atom stereocenters. The van der Waals surface area contributed by atoms with Crippen LogP contribution in [-0.4, -0.2) is 8.30 Å². The van der Waals surface area contributed by atoms with Gasteiger partial charge in [-0.1, -0.05) is 0 Å². The average molecular weight is 644 g/mol. The zero-order valence-corrected chi connectivity index (χ0v) is 21.5. The molecule has 1 heterocycles. The Morgan fingerprint density at radius 1 is 1.05 bits per heavy atom. The van der Waals surface area contributed by atoms with Crippen molar-refractivity contribution >= 4 is 19.6 Å². The monoisotopic (exact) mass is 644 g/mol. The van der Waals surface area contributed by atoms with E-state index in [1.807, 2.05) is 11.3 Å². The van der Waals surface area contributed by atoms with Gasteiger partial charge >= 0.3 is 159 Å². The van der Waals surface area contributed by atoms with E-state index in [-0.39, 0.29) is 10.8 Å². The van der Waals surface area contributed by atoms with Crippen molar-refractivity contribution in [3.8, 4) is 0 Å². The topological polar surface area (TPSA) is 0 Å². The summed E-state index contributed by atoms with van der Waals surface area (Å²) in [6.45, 7) is 20.1. The number of thiophene rings is 1. The van der Waals surface area contributed by atoms with E-state index in [0.29, 0.717) is 5.41 Å². The summed E-state index contributed by atoms with van der Waals surface area (Å²) in [5.74, 6) is 0. The molecule has 1 aromatic heterocycles. The van der Waals surface area contributed by atoms with Gasteiger partial charge in [-0.15, -0.1) is 0 Å². The molecule has 0 aliphatic heterocycles. The van der Waals surface area contributed by atoms with Crippen LogP contribution in [0.25, 0.3) is 0 Å². The van der Waals surface area contributed by atoms with Crippen LogP contribution in [0.15, 0.2) is 6.07 Å². The minimum absolute atomic E-state index is 0.257. The molecule has 21 heavy (non-hydrogen) atoms. The van der Waals surface area contributed by atoms with Gasteiger partial charge in [0.15, 0.2) is 0 Å². The molecule has 3 heteroatoms. The molecule has 0 spiro atoms. The van der Waals surface area contributed by atoms with Crippen LogP contribution in [0.1, 0.15) is 72.1 Å². The summed E-state index contributed by atoms with van der Waals surface area (Å²) in [4.78, 5) is 2.78. The fraction of sp³-hybridized carbons (Fsp3) is 0.667. The molecule has 0 nitrogen and oxygen atoms in total. The van der Waals surface area contributed by atoms with Crippen molar-refractivity contribution in [2.45, 2.75) is 67.7 Å². The van der Waals surface area contributed by atoms with Gasteiger partial charge in [-0.3, -0.25) is 0 Å². The number of hydrogen-bond acceptors (Lipinski definition) is 1. The minimum atomic E-state index is 0.257. The quantitative estimate of drug-likeness (QED) is 0.369. The van der Waals surface area contributed by atoms with Gasteiger partial charge in [0.2, 0.25) is 0 Å². The summed E-state index contributed by atoms with van der Waals surface area (Å²) in [7, 11) is 0. The zero-order valence-electron chi connectivity index (χ0n) is 14.8. The van der Waals surface area contributed by atoms with E-state index in [9.17, 15) is 0 Å². The molecule has 0 atom stereocenters. The van der Waals surface area contributed by atoms with E-state index in [0.717, 1.165) is 0 Å². The van der Waals surface area contributed by atoms with Crippen LogP contribution in [0.2, 0.25) is 0 Å². The molecule has 0 aliphatic rings. The van der Waals surface area contributed by atoms with Crippen molar-refractivity contribution in [1.82, 2.24) is 0 Å². The fourth-order valence-electron chi connectivity index (χ4n) is 1.12. The molecular formula is C18H28SW2-2. The molecule has 0 aliphatic carbocycles. The average Bonchev–Trinajstić information content (AvgIpc) is 2.75. The first-order valence-corrected chi connectivity index (χ1v) is 10.9. The molecule has 0 fully saturated rings. The molecule has 0 aromatic carbocycles. The molecule has 0 bridgehead atoms. The Labute approximate surface area is 157 Å². The van der Waals surface area contributed by atoms with Gasteiger partial charge in [0.25, 0.3) is 0 Å². The molecule has 0 saturated carbocycles. The second-order valence-corrected chi connectivity index (χ2v) is 11.5. The molecule has 0 saturated heterocycles. The third-order valence-corrected chi connectivity index (χ3v) is 9.60. The van der Waals surface area contributed by atoms with E-state index >= 15 is 0 Å². The van der Waals surface area contributed by atoms with Crippen LogP contribution in [-0.2, 0) is 44.1 Å². The molecule has 1 aromatic rings. The van der Waals surface area contributed by atoms with E-state index < -0.39 is 0 Å². The fourth-order valence-corrected chi connectivity index (χ4v) is 2.94. The van der Waals surface area contributed by atoms with Crippen molar-refractivity contribution in [3.05, 3.63) is 21.9 Å². The molecule has 1 rings (SSSR count). The van der Waals surface area contributed by atoms with Gasteiger partial charge in [0, 0.05) is 0 Å². The van der Waals surface area contributed by atoms with Crippen molar-refractivity contribution in [2.24, 2.45) is 10.8 Å². The Morgan fingerprint density at radius 3 is 1.71 bits per heavy atom. The summed E-state index contributed by atoms with van der Waals surface area (Å²) in [6, 6.07) is 5.58. The molecule has 0 radical (unpaired) electrons. The van der Waals surface area contributed by atoms with Gasteiger partial charge < -0.3 is 0 Å². The second kappa shape index (κ2) is 8.08. The summed E-state index contributed by atoms with van der Waals surface area (Å²) >= 11 is 4.91. The second-order valence-electron chi connectivity index (χ2n) is 8.27. The van der Waals surface area contributed by atoms with E-state index in [1.165, 1.54) is 33.0 Å². The summed E-state index contributed by atoms with van der Waals surface area (Å²) in [6.07, 6.45) is 0. The standard InChI is InChI=1S/C13H19S.C5H9.2W/c1-12(2,3)9-10-7-8-11(14-10)13(4,5)6;1-5(2,3)4;;/h8H,1-6H3;1-3H3;;/q2*-1;;. The van der Waals surface area contributed by atoms with Crippen LogP contribution >= 0.6 is 11.3 Å². The summed E-state index contributed by atoms with van der Waals surface area (Å²) in [5, 5.41) is 0. The Hall–Kier alpha value is 0.817. The Kier molecular flexibility index (Phi) is 8.39. The van der Waals surface area contributed by atoms with Crippen LogP contribution in [0, 0.1) is 16.9 Å². The van der Waals surface area contributed by atoms with Crippen LogP contribution in [0.4, 0.5) is 0 Å². The third-order valence-electron chi connectivity index (χ3n) is 2.48. The SMILES string of the molecule is CC(C)(C)[C-]=[W].CC(C)(C)[C](=[W])c1[c-]cc(C(C)(C)C)s1. The summed E-state index contributed by atoms with van der Waals surface area (Å²) < 4.78 is 4.70. The van der Waals surface area contributed by atoms with Gasteiger partial charge in [0.05, 0.1) is 0 Å². The Balaban J connectivity index is 0.000000567. The third kappa shape index (κ3) is 8.88. The number of hydrogen-bond donors (Lipinski definition) is 0. The van der Waals surface area contributed by atoms with E-state index in [1.54, 1.807) is 19.4 Å². The van der Waals surface area contributed by atoms with Crippen molar-refractivity contribution in [2.75, 3.05) is 0 Å². The van der Waals surface area contributed by atoms with Crippen molar-refractivity contribution in [3.63, 3.8) is 0 Å². The van der Waals surface area contributed by atoms with Crippen LogP contribution < -0.4 is 0 Å². The van der Waals surface area contributed by atoms with Crippen LogP contribution in [0.5, 0.6) is 0 Å².